The Morgan fingerprint density at radius 1 is 0.787 bits per heavy atom. The van der Waals surface area contributed by atoms with Crippen LogP contribution in [-0.2, 0) is 43.8 Å². The van der Waals surface area contributed by atoms with E-state index in [4.69, 9.17) is 37.6 Å². The number of nitrogens with one attached hydrogen (secondary N) is 11. The van der Waals surface area contributed by atoms with Crippen molar-refractivity contribution >= 4 is 145 Å². The molecule has 9 heterocycles. The lowest BCUT2D eigenvalue weighted by molar-refractivity contribution is -0.131. The summed E-state index contributed by atoms with van der Waals surface area (Å²) in [4.78, 5) is 170. The Hall–Kier alpha value is -9.04. The number of rotatable bonds is 9. The number of thiocarbonyl (C=S) groups is 1. The van der Waals surface area contributed by atoms with Crippen molar-refractivity contribution in [3.8, 4) is 0 Å². The summed E-state index contributed by atoms with van der Waals surface area (Å²) in [6.45, 7) is 21.8. The highest BCUT2D eigenvalue weighted by Gasteiger charge is 2.52. The first-order valence-electron chi connectivity index (χ1n) is 34.0. The molecule has 0 saturated carbocycles. The third-order valence-corrected chi connectivity index (χ3v) is 23.9. The van der Waals surface area contributed by atoms with E-state index in [1.807, 2.05) is 0 Å². The second-order valence-corrected chi connectivity index (χ2v) is 31.9. The van der Waals surface area contributed by atoms with Gasteiger partial charge in [-0.1, -0.05) is 57.5 Å². The van der Waals surface area contributed by atoms with E-state index in [0.29, 0.717) is 5.01 Å². The van der Waals surface area contributed by atoms with Crippen LogP contribution in [0.2, 0.25) is 0 Å². The number of carbonyl (C=O) groups is 10. The van der Waals surface area contributed by atoms with Gasteiger partial charge in [0.05, 0.1) is 71.0 Å². The standard InChI is InChI=1S/C68H82N18O16S6/c1-13-35-61-79-41(21-104-61)57(97)85-50(67(12,101)32(11)89)64-81-43(23-107-64)60(103)84-46-31(10)102-65(100)38-18-34(29(8)87)33-14-15-36(48(90)47(33)75-38)74-44(24(2)3)58(98)73-27(6)53(93)71-26(5)52(92)72-28(7)54(94)86-68(66-82-42(22-108-66)56(96)83-45(30(9)88)59(99)77-35)17-16-37(76-49(68)39-19-106-63(46)78-39)62-80-40(20-105-62)55(95)70-25(4)51(69)91/h13-15,18-20,22-24,27-32,36-37,41,44-46,48-50,74,76,87-90,101H,4-5,16-17,21H2,1-3,6-12H3,(H2,69,91)(H,70,95)(H,71,93)(H,72,92)(H,73,98)(H,77,99)(H,83,96)(H,84,103)(H,85,97)(H,86,94)/t27-,28+,29-,30+,31-,32+,36-,37-,41+,44+,45+,46-,48+,49-,50-,67+,68-/m1/s1. The molecule has 9 amide bonds. The zero-order chi connectivity index (χ0) is 78.9. The number of pyridine rings is 1. The van der Waals surface area contributed by atoms with E-state index in [9.17, 15) is 63.9 Å². The lowest BCUT2D eigenvalue weighted by atomic mass is 9.78. The average Bonchev–Trinajstić information content (AvgIpc) is 1.50. The summed E-state index contributed by atoms with van der Waals surface area (Å²) in [6.07, 6.45) is -2.78. The number of aliphatic imine (C=N–C) groups is 1. The number of allylic oxidation sites excluding steroid dienone is 1. The number of cyclic esters (lactones) is 1. The maximum absolute atomic E-state index is 15.3. The van der Waals surface area contributed by atoms with Gasteiger partial charge in [-0.25, -0.2) is 29.7 Å². The van der Waals surface area contributed by atoms with Crippen molar-refractivity contribution < 1.29 is 78.2 Å². The van der Waals surface area contributed by atoms with E-state index in [1.54, 1.807) is 38.3 Å². The van der Waals surface area contributed by atoms with E-state index >= 15 is 9.59 Å². The van der Waals surface area contributed by atoms with Gasteiger partial charge < -0.3 is 83.9 Å². The van der Waals surface area contributed by atoms with E-state index in [0.717, 1.165) is 57.1 Å². The summed E-state index contributed by atoms with van der Waals surface area (Å²) >= 11 is 11.1. The Bertz CT molecular complexity index is 4540. The number of esters is 1. The van der Waals surface area contributed by atoms with Crippen LogP contribution in [0.15, 0.2) is 75.0 Å². The monoisotopic (exact) mass is 1600 g/mol. The number of thioether (sulfide) groups is 1. The fourth-order valence-electron chi connectivity index (χ4n) is 12.2. The summed E-state index contributed by atoms with van der Waals surface area (Å²) in [5.74, 6) is -9.52. The minimum atomic E-state index is -2.12. The van der Waals surface area contributed by atoms with Crippen LogP contribution in [-0.4, -0.2) is 186 Å². The van der Waals surface area contributed by atoms with E-state index in [1.165, 1.54) is 76.7 Å². The first-order valence-corrected chi connectivity index (χ1v) is 38.9. The molecule has 4 aliphatic heterocycles. The van der Waals surface area contributed by atoms with Gasteiger partial charge in [-0.3, -0.25) is 58.8 Å². The van der Waals surface area contributed by atoms with Crippen molar-refractivity contribution in [1.82, 2.24) is 83.4 Å². The smallest absolute Gasteiger partial charge is 0.357 e. The quantitative estimate of drug-likeness (QED) is 0.0559. The van der Waals surface area contributed by atoms with E-state index in [2.05, 4.69) is 86.6 Å². The van der Waals surface area contributed by atoms with Gasteiger partial charge in [0.1, 0.15) is 112 Å². The number of hydrogen-bond acceptors (Lipinski definition) is 30. The number of ether oxygens (including phenoxy) is 1. The van der Waals surface area contributed by atoms with Crippen LogP contribution in [0.5, 0.6) is 0 Å². The van der Waals surface area contributed by atoms with Crippen molar-refractivity contribution in [1.29, 1.82) is 0 Å². The largest absolute Gasteiger partial charge is 0.455 e. The van der Waals surface area contributed by atoms with Gasteiger partial charge in [-0.15, -0.1) is 57.1 Å². The molecule has 0 unspecified atom stereocenters. The van der Waals surface area contributed by atoms with Crippen LogP contribution < -0.4 is 64.2 Å². The maximum Gasteiger partial charge on any atom is 0.357 e. The molecule has 0 radical (unpaired) electrons. The highest BCUT2D eigenvalue weighted by atomic mass is 32.2. The molecular weight excluding hydrogens is 1520 g/mol. The van der Waals surface area contributed by atoms with Crippen LogP contribution in [0, 0.1) is 5.92 Å². The number of hydrogen-bond donors (Lipinski definition) is 17. The average molecular weight is 1600 g/mol. The molecule has 0 aromatic carbocycles. The molecule has 13 bridgehead atoms. The number of primary amides is 1. The lowest BCUT2D eigenvalue weighted by Gasteiger charge is -2.46. The molecule has 5 aromatic heterocycles. The number of aliphatic hydroxyl groups excluding tert-OH is 4. The number of nitrogens with two attached hydrogens (primary N) is 1. The van der Waals surface area contributed by atoms with Gasteiger partial charge >= 0.3 is 5.97 Å². The number of aromatic nitrogens is 5. The fraction of sp³-hybridized carbons (Fsp3) is 0.456. The van der Waals surface area contributed by atoms with Gasteiger partial charge in [-0.05, 0) is 85.8 Å². The first kappa shape index (κ1) is 81.5. The molecule has 108 heavy (non-hydrogen) atoms. The summed E-state index contributed by atoms with van der Waals surface area (Å²) in [7, 11) is 0. The summed E-state index contributed by atoms with van der Waals surface area (Å²) in [6, 6.07) is -11.5. The number of nitrogens with zero attached hydrogens (tertiary/aromatic N) is 6. The predicted molar refractivity (Wildman–Crippen MR) is 403 cm³/mol. The topological polar surface area (TPSA) is 516 Å². The minimum absolute atomic E-state index is 0.0118. The van der Waals surface area contributed by atoms with Crippen molar-refractivity contribution in [2.45, 2.75) is 184 Å². The van der Waals surface area contributed by atoms with Crippen LogP contribution in [0.3, 0.4) is 0 Å². The third-order valence-electron chi connectivity index (χ3n) is 18.7. The SMILES string of the molecule is C=C(NC(=O)c1csc([C@H]2CC[C@]34NC(=O)[C@H](C)NC(=O)C(=C)NC(=O)[C@@H](C)NC(=O)[C@H](C(C)C)N[C@@H]5C=Cc6c([C@@H](C)O)cc(nc6[C@H]5O)C(=O)O[C@H](C)[C@@H](NC(=S)c5csc(n5)[C@H]([C@@](C)(O)[C@H](C)O)NC(=O)[C@@H]5CSC(=N5)C(=CC)NC(=O)[C@H]([C@H](C)O)NC(=O)c5csc3n5)c3nc(cs3)[C@H]4N2)n1)C(N)=O. The Morgan fingerprint density at radius 2 is 1.48 bits per heavy atom. The molecule has 576 valence electrons. The number of aliphatic hydroxyl groups is 5. The van der Waals surface area contributed by atoms with Crippen LogP contribution >= 0.6 is 69.3 Å². The number of carbonyl (C=O) groups excluding carboxylic acids is 10. The molecule has 34 nitrogen and oxygen atoms in total. The highest BCUT2D eigenvalue weighted by Crippen LogP contribution is 2.48. The van der Waals surface area contributed by atoms with E-state index in [-0.39, 0.29) is 94.6 Å². The summed E-state index contributed by atoms with van der Waals surface area (Å²) < 4.78 is 6.35. The zero-order valence-corrected chi connectivity index (χ0v) is 64.7. The first-order chi connectivity index (χ1) is 50.9. The molecule has 5 aromatic rings. The second-order valence-electron chi connectivity index (χ2n) is 27.0. The lowest BCUT2D eigenvalue weighted by Crippen LogP contribution is -2.61. The zero-order valence-electron chi connectivity index (χ0n) is 59.8. The Morgan fingerprint density at radius 3 is 2.16 bits per heavy atom. The number of amides is 9. The van der Waals surface area contributed by atoms with Gasteiger partial charge in [0.25, 0.3) is 23.6 Å². The molecule has 17 atom stereocenters. The van der Waals surface area contributed by atoms with Crippen molar-refractivity contribution in [3.05, 3.63) is 135 Å². The third kappa shape index (κ3) is 17.5. The second kappa shape index (κ2) is 33.4. The van der Waals surface area contributed by atoms with Crippen LogP contribution in [0.4, 0.5) is 0 Å². The molecule has 18 N–H and O–H groups in total. The van der Waals surface area contributed by atoms with E-state index < -0.39 is 179 Å². The normalized spacial score (nSPS) is 28.3. The van der Waals surface area contributed by atoms with Gasteiger partial charge in [0, 0.05) is 32.8 Å². The highest BCUT2D eigenvalue weighted by molar-refractivity contribution is 8.14. The molecule has 10 rings (SSSR count). The number of thiazole rings is 4. The number of fused-ring (bicyclic) bond motifs is 7. The maximum atomic E-state index is 15.3. The number of piperidine rings is 1. The molecule has 1 aliphatic carbocycles. The van der Waals surface area contributed by atoms with Crippen LogP contribution in [0.1, 0.15) is 198 Å². The molecular formula is C68H82N18O16S6. The van der Waals surface area contributed by atoms with Gasteiger partial charge in [0.15, 0.2) is 0 Å². The molecule has 5 aliphatic rings. The molecule has 1 saturated heterocycles. The van der Waals surface area contributed by atoms with Gasteiger partial charge in [-0.2, -0.15) is 0 Å². The van der Waals surface area contributed by atoms with Crippen molar-refractivity contribution in [2.75, 3.05) is 5.75 Å². The Balaban J connectivity index is 1.17. The molecule has 0 spiro atoms. The Labute approximate surface area is 644 Å². The predicted octanol–water partition coefficient (Wildman–Crippen LogP) is 1.13. The van der Waals surface area contributed by atoms with Crippen molar-refractivity contribution in [2.24, 2.45) is 16.6 Å². The summed E-state index contributed by atoms with van der Waals surface area (Å²) in [5.41, 5.74) is 0.162. The van der Waals surface area contributed by atoms with Gasteiger partial charge in [0.2, 0.25) is 29.5 Å². The molecule has 40 heteroatoms. The minimum Gasteiger partial charge on any atom is -0.455 e. The van der Waals surface area contributed by atoms with Crippen LogP contribution in [0.25, 0.3) is 6.08 Å². The Kier molecular flexibility index (Phi) is 25.2. The van der Waals surface area contributed by atoms with Crippen molar-refractivity contribution in [3.63, 3.8) is 0 Å². The molecule has 1 fully saturated rings. The fourth-order valence-corrected chi connectivity index (χ4v) is 17.4. The summed E-state index contributed by atoms with van der Waals surface area (Å²) in [5, 5.41) is 95.5.